The largest absolute Gasteiger partial charge is 0.494 e. The third kappa shape index (κ3) is 2.25. The first-order valence-electron chi connectivity index (χ1n) is 5.87. The molecule has 0 saturated heterocycles. The molecule has 3 rings (SSSR count). The van der Waals surface area contributed by atoms with E-state index in [-0.39, 0.29) is 16.8 Å². The summed E-state index contributed by atoms with van der Waals surface area (Å²) >= 11 is 1.92. The molecule has 0 spiro atoms. The number of rotatable bonds is 2. The summed E-state index contributed by atoms with van der Waals surface area (Å²) in [5.74, 6) is -2.32. The highest BCUT2D eigenvalue weighted by atomic mass is 127. The number of hydrogen-bond donors (Lipinski definition) is 0. The van der Waals surface area contributed by atoms with E-state index in [0.717, 1.165) is 6.07 Å². The average Bonchev–Trinajstić information content (AvgIpc) is 2.88. The first kappa shape index (κ1) is 14.2. The van der Waals surface area contributed by atoms with Gasteiger partial charge in [-0.15, -0.1) is 0 Å². The zero-order chi connectivity index (χ0) is 15.1. The van der Waals surface area contributed by atoms with E-state index in [2.05, 4.69) is 4.98 Å². The lowest BCUT2D eigenvalue weighted by Gasteiger charge is -2.09. The summed E-state index contributed by atoms with van der Waals surface area (Å²) in [5, 5.41) is 0. The molecule has 0 fully saturated rings. The van der Waals surface area contributed by atoms with Crippen LogP contribution in [0.4, 0.5) is 13.2 Å². The maximum absolute atomic E-state index is 14.1. The summed E-state index contributed by atoms with van der Waals surface area (Å²) in [6.45, 7) is 0. The van der Waals surface area contributed by atoms with Crippen molar-refractivity contribution in [2.24, 2.45) is 0 Å². The predicted octanol–water partition coefficient (Wildman–Crippen LogP) is 4.06. The van der Waals surface area contributed by atoms with Crippen molar-refractivity contribution in [1.29, 1.82) is 0 Å². The fourth-order valence-corrected chi connectivity index (χ4v) is 2.85. The van der Waals surface area contributed by atoms with E-state index in [1.807, 2.05) is 22.6 Å². The average molecular weight is 404 g/mol. The first-order valence-corrected chi connectivity index (χ1v) is 6.95. The van der Waals surface area contributed by atoms with Gasteiger partial charge in [-0.3, -0.25) is 4.57 Å². The Morgan fingerprint density at radius 1 is 1.19 bits per heavy atom. The molecule has 0 atom stereocenters. The molecule has 0 aliphatic heterocycles. The number of nitrogens with zero attached hydrogens (tertiary/aromatic N) is 2. The quantitative estimate of drug-likeness (QED) is 0.603. The summed E-state index contributed by atoms with van der Waals surface area (Å²) in [5.41, 5.74) is 0.666. The molecule has 1 heterocycles. The van der Waals surface area contributed by atoms with Gasteiger partial charge in [0.15, 0.2) is 11.6 Å². The maximum atomic E-state index is 14.1. The van der Waals surface area contributed by atoms with Crippen molar-refractivity contribution < 1.29 is 17.9 Å². The summed E-state index contributed by atoms with van der Waals surface area (Å²) in [7, 11) is 1.35. The van der Waals surface area contributed by atoms with Crippen LogP contribution in [0.1, 0.15) is 0 Å². The van der Waals surface area contributed by atoms with Crippen molar-refractivity contribution in [2.45, 2.75) is 0 Å². The maximum Gasteiger partial charge on any atom is 0.185 e. The van der Waals surface area contributed by atoms with Gasteiger partial charge in [-0.1, -0.05) is 0 Å². The summed E-state index contributed by atoms with van der Waals surface area (Å²) in [6, 6.07) is 4.98. The Labute approximate surface area is 131 Å². The third-order valence-corrected chi connectivity index (χ3v) is 3.93. The summed E-state index contributed by atoms with van der Waals surface area (Å²) in [6.07, 6.45) is 1.35. The highest BCUT2D eigenvalue weighted by molar-refractivity contribution is 14.1. The number of aromatic nitrogens is 2. The van der Waals surface area contributed by atoms with Crippen molar-refractivity contribution in [3.05, 3.63) is 51.6 Å². The molecule has 21 heavy (non-hydrogen) atoms. The van der Waals surface area contributed by atoms with E-state index in [1.54, 1.807) is 0 Å². The van der Waals surface area contributed by atoms with Crippen LogP contribution in [0.3, 0.4) is 0 Å². The van der Waals surface area contributed by atoms with Gasteiger partial charge in [-0.05, 0) is 40.8 Å². The van der Waals surface area contributed by atoms with Gasteiger partial charge in [0.05, 0.1) is 12.8 Å². The molecule has 0 N–H and O–H groups in total. The van der Waals surface area contributed by atoms with Crippen LogP contribution < -0.4 is 4.74 Å². The molecule has 0 aliphatic rings. The fraction of sp³-hybridized carbons (Fsp3) is 0.0714. The monoisotopic (exact) mass is 404 g/mol. The zero-order valence-electron chi connectivity index (χ0n) is 10.7. The van der Waals surface area contributed by atoms with E-state index >= 15 is 0 Å². The molecule has 2 aromatic carbocycles. The second-order valence-corrected chi connectivity index (χ2v) is 5.44. The Kier molecular flexibility index (Phi) is 3.52. The molecular weight excluding hydrogens is 396 g/mol. The minimum Gasteiger partial charge on any atom is -0.494 e. The van der Waals surface area contributed by atoms with Gasteiger partial charge in [-0.2, -0.15) is 0 Å². The molecule has 0 bridgehead atoms. The van der Waals surface area contributed by atoms with Crippen LogP contribution in [0.5, 0.6) is 5.75 Å². The Bertz CT molecular complexity index is 848. The molecule has 7 heteroatoms. The molecule has 108 valence electrons. The summed E-state index contributed by atoms with van der Waals surface area (Å²) in [4.78, 5) is 4.07. The van der Waals surface area contributed by atoms with Crippen LogP contribution in [-0.4, -0.2) is 16.7 Å². The van der Waals surface area contributed by atoms with Gasteiger partial charge in [-0.25, -0.2) is 18.2 Å². The molecule has 3 nitrogen and oxygen atoms in total. The van der Waals surface area contributed by atoms with E-state index in [0.29, 0.717) is 9.26 Å². The lowest BCUT2D eigenvalue weighted by atomic mass is 10.2. The van der Waals surface area contributed by atoms with Gasteiger partial charge in [0, 0.05) is 9.64 Å². The number of ether oxygens (including phenoxy) is 1. The third-order valence-electron chi connectivity index (χ3n) is 3.07. The van der Waals surface area contributed by atoms with Crippen LogP contribution >= 0.6 is 22.6 Å². The fourth-order valence-electron chi connectivity index (χ4n) is 2.11. The SMILES string of the molecule is COc1cc(F)c(F)c2c1ncn2-c1ccc(F)cc1I. The molecule has 1 aromatic heterocycles. The molecule has 0 amide bonds. The highest BCUT2D eigenvalue weighted by Crippen LogP contribution is 2.31. The number of benzene rings is 2. The van der Waals surface area contributed by atoms with Crippen LogP contribution in [0.2, 0.25) is 0 Å². The second kappa shape index (κ2) is 5.21. The number of methoxy groups -OCH3 is 1. The molecular formula is C14H8F3IN2O. The van der Waals surface area contributed by atoms with Gasteiger partial charge in [0.2, 0.25) is 0 Å². The van der Waals surface area contributed by atoms with E-state index in [4.69, 9.17) is 4.74 Å². The minimum atomic E-state index is -1.03. The van der Waals surface area contributed by atoms with E-state index < -0.39 is 17.5 Å². The molecule has 3 aromatic rings. The Morgan fingerprint density at radius 3 is 2.62 bits per heavy atom. The van der Waals surface area contributed by atoms with Gasteiger partial charge in [0.1, 0.15) is 28.9 Å². The van der Waals surface area contributed by atoms with Gasteiger partial charge in [0.25, 0.3) is 0 Å². The van der Waals surface area contributed by atoms with Crippen molar-refractivity contribution in [1.82, 2.24) is 9.55 Å². The molecule has 0 unspecified atom stereocenters. The Morgan fingerprint density at radius 2 is 1.95 bits per heavy atom. The molecule has 0 radical (unpaired) electrons. The smallest absolute Gasteiger partial charge is 0.185 e. The Balaban J connectivity index is 2.36. The first-order chi connectivity index (χ1) is 10.0. The topological polar surface area (TPSA) is 27.1 Å². The van der Waals surface area contributed by atoms with E-state index in [1.165, 1.54) is 36.2 Å². The van der Waals surface area contributed by atoms with Crippen LogP contribution in [0.25, 0.3) is 16.7 Å². The van der Waals surface area contributed by atoms with Crippen molar-refractivity contribution in [3.8, 4) is 11.4 Å². The molecule has 0 saturated carbocycles. The van der Waals surface area contributed by atoms with E-state index in [9.17, 15) is 13.2 Å². The van der Waals surface area contributed by atoms with Crippen LogP contribution in [0.15, 0.2) is 30.6 Å². The van der Waals surface area contributed by atoms with Gasteiger partial charge < -0.3 is 4.74 Å². The number of halogens is 4. The normalized spacial score (nSPS) is 11.1. The number of fused-ring (bicyclic) bond motifs is 1. The number of imidazole rings is 1. The lowest BCUT2D eigenvalue weighted by molar-refractivity contribution is 0.412. The summed E-state index contributed by atoms with van der Waals surface area (Å²) < 4.78 is 47.9. The second-order valence-electron chi connectivity index (χ2n) is 4.28. The van der Waals surface area contributed by atoms with Crippen molar-refractivity contribution >= 4 is 33.6 Å². The zero-order valence-corrected chi connectivity index (χ0v) is 12.9. The number of hydrogen-bond acceptors (Lipinski definition) is 2. The standard InChI is InChI=1S/C14H8F3IN2O/c1-21-11-5-8(16)12(17)14-13(11)19-6-20(14)10-3-2-7(15)4-9(10)18/h2-6H,1H3. The van der Waals surface area contributed by atoms with Crippen LogP contribution in [-0.2, 0) is 0 Å². The molecule has 0 aliphatic carbocycles. The Hall–Kier alpha value is -1.77. The van der Waals surface area contributed by atoms with Crippen molar-refractivity contribution in [2.75, 3.05) is 7.11 Å². The highest BCUT2D eigenvalue weighted by Gasteiger charge is 2.19. The van der Waals surface area contributed by atoms with Crippen LogP contribution in [0, 0.1) is 21.0 Å². The van der Waals surface area contributed by atoms with Gasteiger partial charge >= 0.3 is 0 Å². The lowest BCUT2D eigenvalue weighted by Crippen LogP contribution is -2.00. The predicted molar refractivity (Wildman–Crippen MR) is 80.2 cm³/mol. The minimum absolute atomic E-state index is 0.0450. The van der Waals surface area contributed by atoms with Crippen molar-refractivity contribution in [3.63, 3.8) is 0 Å².